The Morgan fingerprint density at radius 2 is 1.71 bits per heavy atom. The average molecular weight is 238 g/mol. The van der Waals surface area contributed by atoms with Gasteiger partial charge in [-0.2, -0.15) is 0 Å². The molecule has 1 saturated heterocycles. The first kappa shape index (κ1) is 12.6. The Morgan fingerprint density at radius 1 is 1.12 bits per heavy atom. The van der Waals surface area contributed by atoms with Crippen molar-refractivity contribution in [3.8, 4) is 0 Å². The van der Waals surface area contributed by atoms with E-state index in [4.69, 9.17) is 0 Å². The zero-order valence-corrected chi connectivity index (χ0v) is 10.6. The molecule has 0 aromatic carbocycles. The van der Waals surface area contributed by atoms with Gasteiger partial charge in [0.1, 0.15) is 0 Å². The van der Waals surface area contributed by atoms with Crippen LogP contribution in [-0.4, -0.2) is 36.3 Å². The lowest BCUT2D eigenvalue weighted by molar-refractivity contribution is -0.139. The van der Waals surface area contributed by atoms with E-state index in [0.29, 0.717) is 6.54 Å². The summed E-state index contributed by atoms with van der Waals surface area (Å²) in [4.78, 5) is 25.7. The fourth-order valence-corrected chi connectivity index (χ4v) is 2.94. The standard InChI is InChI=1S/C13H22N2O2/c1-2-7-14-8-9-15-12(16)10-5-3-4-6-11(10)13(15)17/h10-11,14H,2-9H2,1H3. The van der Waals surface area contributed by atoms with Gasteiger partial charge >= 0.3 is 0 Å². The normalized spacial score (nSPS) is 28.6. The maximum Gasteiger partial charge on any atom is 0.233 e. The fourth-order valence-electron chi connectivity index (χ4n) is 2.94. The zero-order valence-electron chi connectivity index (χ0n) is 10.6. The monoisotopic (exact) mass is 238 g/mol. The number of hydrogen-bond acceptors (Lipinski definition) is 3. The van der Waals surface area contributed by atoms with Crippen LogP contribution in [0.25, 0.3) is 0 Å². The quantitative estimate of drug-likeness (QED) is 0.577. The van der Waals surface area contributed by atoms with E-state index in [-0.39, 0.29) is 23.7 Å². The van der Waals surface area contributed by atoms with Gasteiger partial charge in [0, 0.05) is 13.1 Å². The molecule has 0 bridgehead atoms. The third-order valence-electron chi connectivity index (χ3n) is 3.87. The van der Waals surface area contributed by atoms with Crippen molar-refractivity contribution in [3.63, 3.8) is 0 Å². The minimum absolute atomic E-state index is 0.00225. The Labute approximate surface area is 103 Å². The minimum atomic E-state index is 0.00225. The lowest BCUT2D eigenvalue weighted by Gasteiger charge is -2.19. The number of hydrogen-bond donors (Lipinski definition) is 1. The molecule has 1 aliphatic heterocycles. The van der Waals surface area contributed by atoms with Crippen molar-refractivity contribution >= 4 is 11.8 Å². The van der Waals surface area contributed by atoms with Gasteiger partial charge in [0.05, 0.1) is 11.8 Å². The van der Waals surface area contributed by atoms with Crippen LogP contribution in [0.2, 0.25) is 0 Å². The summed E-state index contributed by atoms with van der Waals surface area (Å²) in [5.74, 6) is 0.167. The highest BCUT2D eigenvalue weighted by atomic mass is 16.2. The highest BCUT2D eigenvalue weighted by molar-refractivity contribution is 6.05. The van der Waals surface area contributed by atoms with Crippen LogP contribution >= 0.6 is 0 Å². The van der Waals surface area contributed by atoms with E-state index in [2.05, 4.69) is 12.2 Å². The van der Waals surface area contributed by atoms with Crippen molar-refractivity contribution in [3.05, 3.63) is 0 Å². The Balaban J connectivity index is 1.89. The molecule has 2 unspecified atom stereocenters. The summed E-state index contributed by atoms with van der Waals surface area (Å²) in [5, 5.41) is 3.24. The van der Waals surface area contributed by atoms with E-state index in [1.807, 2.05) is 0 Å². The van der Waals surface area contributed by atoms with Crippen molar-refractivity contribution < 1.29 is 9.59 Å². The molecule has 1 heterocycles. The second-order valence-corrected chi connectivity index (χ2v) is 5.08. The number of fused-ring (bicyclic) bond motifs is 1. The Kier molecular flexibility index (Phi) is 4.15. The SMILES string of the molecule is CCCNCCN1C(=O)C2CCCCC2C1=O. The summed E-state index contributed by atoms with van der Waals surface area (Å²) >= 11 is 0. The highest BCUT2D eigenvalue weighted by Gasteiger charge is 2.47. The van der Waals surface area contributed by atoms with Gasteiger partial charge in [0.2, 0.25) is 11.8 Å². The lowest BCUT2D eigenvalue weighted by Crippen LogP contribution is -2.37. The van der Waals surface area contributed by atoms with Crippen LogP contribution in [0.5, 0.6) is 0 Å². The molecule has 4 heteroatoms. The molecular weight excluding hydrogens is 216 g/mol. The number of rotatable bonds is 5. The maximum atomic E-state index is 12.1. The predicted octanol–water partition coefficient (Wildman–Crippen LogP) is 1.16. The molecule has 17 heavy (non-hydrogen) atoms. The van der Waals surface area contributed by atoms with Gasteiger partial charge in [-0.3, -0.25) is 14.5 Å². The molecule has 2 aliphatic rings. The molecule has 0 aromatic rings. The van der Waals surface area contributed by atoms with Crippen LogP contribution in [0.15, 0.2) is 0 Å². The molecule has 0 radical (unpaired) electrons. The highest BCUT2D eigenvalue weighted by Crippen LogP contribution is 2.37. The van der Waals surface area contributed by atoms with Crippen LogP contribution in [0.1, 0.15) is 39.0 Å². The van der Waals surface area contributed by atoms with E-state index < -0.39 is 0 Å². The molecular formula is C13H22N2O2. The summed E-state index contributed by atoms with van der Waals surface area (Å²) in [5.41, 5.74) is 0. The van der Waals surface area contributed by atoms with Crippen LogP contribution in [0, 0.1) is 11.8 Å². The summed E-state index contributed by atoms with van der Waals surface area (Å²) in [7, 11) is 0. The molecule has 2 amide bonds. The van der Waals surface area contributed by atoms with Gasteiger partial charge in [-0.1, -0.05) is 19.8 Å². The van der Waals surface area contributed by atoms with Gasteiger partial charge in [-0.25, -0.2) is 0 Å². The lowest BCUT2D eigenvalue weighted by atomic mass is 9.81. The Morgan fingerprint density at radius 3 is 2.24 bits per heavy atom. The zero-order chi connectivity index (χ0) is 12.3. The number of amides is 2. The van der Waals surface area contributed by atoms with Gasteiger partial charge < -0.3 is 5.32 Å². The van der Waals surface area contributed by atoms with Crippen molar-refractivity contribution in [1.82, 2.24) is 10.2 Å². The van der Waals surface area contributed by atoms with Gasteiger partial charge in [-0.05, 0) is 25.8 Å². The summed E-state index contributed by atoms with van der Waals surface area (Å²) in [6.07, 6.45) is 5.10. The molecule has 2 rings (SSSR count). The molecule has 1 aliphatic carbocycles. The van der Waals surface area contributed by atoms with E-state index in [1.54, 1.807) is 0 Å². The predicted molar refractivity (Wildman–Crippen MR) is 65.3 cm³/mol. The number of nitrogens with one attached hydrogen (secondary N) is 1. The molecule has 2 atom stereocenters. The van der Waals surface area contributed by atoms with Crippen molar-refractivity contribution in [2.24, 2.45) is 11.8 Å². The molecule has 4 nitrogen and oxygen atoms in total. The molecule has 1 saturated carbocycles. The van der Waals surface area contributed by atoms with Crippen LogP contribution < -0.4 is 5.32 Å². The van der Waals surface area contributed by atoms with Crippen molar-refractivity contribution in [1.29, 1.82) is 0 Å². The molecule has 0 spiro atoms. The second-order valence-electron chi connectivity index (χ2n) is 5.08. The third-order valence-corrected chi connectivity index (χ3v) is 3.87. The van der Waals surface area contributed by atoms with Gasteiger partial charge in [0.25, 0.3) is 0 Å². The Bertz CT molecular complexity index is 280. The average Bonchev–Trinajstić information content (AvgIpc) is 2.60. The van der Waals surface area contributed by atoms with Crippen LogP contribution in [-0.2, 0) is 9.59 Å². The maximum absolute atomic E-state index is 12.1. The Hall–Kier alpha value is -0.900. The third kappa shape index (κ3) is 2.51. The number of nitrogens with zero attached hydrogens (tertiary/aromatic N) is 1. The van der Waals surface area contributed by atoms with Gasteiger partial charge in [0.15, 0.2) is 0 Å². The number of carbonyl (C=O) groups is 2. The number of carbonyl (C=O) groups excluding carboxylic acids is 2. The first-order chi connectivity index (χ1) is 8.25. The van der Waals surface area contributed by atoms with E-state index in [1.165, 1.54) is 4.90 Å². The van der Waals surface area contributed by atoms with Gasteiger partial charge in [-0.15, -0.1) is 0 Å². The van der Waals surface area contributed by atoms with Crippen LogP contribution in [0.4, 0.5) is 0 Å². The first-order valence-corrected chi connectivity index (χ1v) is 6.81. The first-order valence-electron chi connectivity index (χ1n) is 6.81. The van der Waals surface area contributed by atoms with E-state index in [9.17, 15) is 9.59 Å². The number of imide groups is 1. The topological polar surface area (TPSA) is 49.4 Å². The smallest absolute Gasteiger partial charge is 0.233 e. The fraction of sp³-hybridized carbons (Fsp3) is 0.846. The summed E-state index contributed by atoms with van der Waals surface area (Å²) < 4.78 is 0. The summed E-state index contributed by atoms with van der Waals surface area (Å²) in [6.45, 7) is 4.33. The molecule has 2 fully saturated rings. The van der Waals surface area contributed by atoms with Crippen molar-refractivity contribution in [2.75, 3.05) is 19.6 Å². The molecule has 0 aromatic heterocycles. The van der Waals surface area contributed by atoms with E-state index >= 15 is 0 Å². The minimum Gasteiger partial charge on any atom is -0.315 e. The van der Waals surface area contributed by atoms with E-state index in [0.717, 1.165) is 45.2 Å². The molecule has 1 N–H and O–H groups in total. The van der Waals surface area contributed by atoms with Crippen molar-refractivity contribution in [2.45, 2.75) is 39.0 Å². The molecule has 96 valence electrons. The second kappa shape index (κ2) is 5.63. The largest absolute Gasteiger partial charge is 0.315 e. The van der Waals surface area contributed by atoms with Crippen LogP contribution in [0.3, 0.4) is 0 Å². The number of likely N-dealkylation sites (tertiary alicyclic amines) is 1. The summed E-state index contributed by atoms with van der Waals surface area (Å²) in [6, 6.07) is 0.